The summed E-state index contributed by atoms with van der Waals surface area (Å²) in [6.45, 7) is 4.23. The molecule has 1 fully saturated rings. The molecule has 0 bridgehead atoms. The largest absolute Gasteiger partial charge is 0.393 e. The predicted molar refractivity (Wildman–Crippen MR) is 60.2 cm³/mol. The van der Waals surface area contributed by atoms with Crippen LogP contribution in [0.1, 0.15) is 69.5 Å². The monoisotopic (exact) mass is 224 g/mol. The topological polar surface area (TPSA) is 59.2 Å². The number of nitrogens with zero attached hydrogens (tertiary/aromatic N) is 2. The van der Waals surface area contributed by atoms with Crippen molar-refractivity contribution < 1.29 is 9.63 Å². The van der Waals surface area contributed by atoms with Gasteiger partial charge >= 0.3 is 0 Å². The van der Waals surface area contributed by atoms with Crippen molar-refractivity contribution in [3.05, 3.63) is 11.7 Å². The van der Waals surface area contributed by atoms with Gasteiger partial charge in [-0.1, -0.05) is 19.0 Å². The Morgan fingerprint density at radius 1 is 1.38 bits per heavy atom. The first kappa shape index (κ1) is 11.6. The van der Waals surface area contributed by atoms with Gasteiger partial charge in [0.15, 0.2) is 5.82 Å². The molecule has 0 aromatic carbocycles. The fourth-order valence-corrected chi connectivity index (χ4v) is 2.12. The van der Waals surface area contributed by atoms with Gasteiger partial charge in [-0.25, -0.2) is 0 Å². The van der Waals surface area contributed by atoms with Crippen molar-refractivity contribution in [3.8, 4) is 0 Å². The van der Waals surface area contributed by atoms with Crippen LogP contribution in [0.25, 0.3) is 0 Å². The standard InChI is InChI=1S/C12H20N2O2/c1-3-8(2)11-13-12(16-14-11)9-4-6-10(15)7-5-9/h8-10,15H,3-7H2,1-2H3. The lowest BCUT2D eigenvalue weighted by molar-refractivity contribution is 0.116. The summed E-state index contributed by atoms with van der Waals surface area (Å²) in [4.78, 5) is 4.47. The number of aliphatic hydroxyl groups excluding tert-OH is 1. The van der Waals surface area contributed by atoms with E-state index in [4.69, 9.17) is 4.52 Å². The minimum Gasteiger partial charge on any atom is -0.393 e. The second-order valence-electron chi connectivity index (χ2n) is 4.81. The van der Waals surface area contributed by atoms with Crippen LogP contribution in [-0.2, 0) is 0 Å². The van der Waals surface area contributed by atoms with E-state index >= 15 is 0 Å². The maximum atomic E-state index is 9.44. The van der Waals surface area contributed by atoms with Crippen molar-refractivity contribution >= 4 is 0 Å². The van der Waals surface area contributed by atoms with E-state index in [1.165, 1.54) is 0 Å². The number of aliphatic hydroxyl groups is 1. The van der Waals surface area contributed by atoms with E-state index in [0.29, 0.717) is 11.8 Å². The van der Waals surface area contributed by atoms with Crippen LogP contribution < -0.4 is 0 Å². The molecule has 1 aromatic heterocycles. The zero-order valence-electron chi connectivity index (χ0n) is 10.0. The molecule has 1 aliphatic rings. The lowest BCUT2D eigenvalue weighted by atomic mass is 9.87. The molecule has 4 nitrogen and oxygen atoms in total. The number of aromatic nitrogens is 2. The minimum atomic E-state index is -0.131. The average Bonchev–Trinajstić information content (AvgIpc) is 2.78. The summed E-state index contributed by atoms with van der Waals surface area (Å²) >= 11 is 0. The van der Waals surface area contributed by atoms with Gasteiger partial charge in [0.1, 0.15) is 0 Å². The van der Waals surface area contributed by atoms with Gasteiger partial charge in [-0.3, -0.25) is 0 Å². The number of hydrogen-bond acceptors (Lipinski definition) is 4. The Bertz CT molecular complexity index is 330. The summed E-state index contributed by atoms with van der Waals surface area (Å²) in [5.41, 5.74) is 0. The minimum absolute atomic E-state index is 0.131. The van der Waals surface area contributed by atoms with E-state index in [0.717, 1.165) is 43.8 Å². The molecule has 16 heavy (non-hydrogen) atoms. The first-order valence-corrected chi connectivity index (χ1v) is 6.22. The molecular weight excluding hydrogens is 204 g/mol. The first-order valence-electron chi connectivity index (χ1n) is 6.22. The first-order chi connectivity index (χ1) is 7.70. The highest BCUT2D eigenvalue weighted by molar-refractivity contribution is 4.99. The molecule has 1 atom stereocenters. The Labute approximate surface area is 96.1 Å². The zero-order chi connectivity index (χ0) is 11.5. The predicted octanol–water partition coefficient (Wildman–Crippen LogP) is 2.60. The van der Waals surface area contributed by atoms with Crippen molar-refractivity contribution in [2.24, 2.45) is 0 Å². The second-order valence-corrected chi connectivity index (χ2v) is 4.81. The van der Waals surface area contributed by atoms with Crippen molar-refractivity contribution in [3.63, 3.8) is 0 Å². The van der Waals surface area contributed by atoms with Crippen LogP contribution in [-0.4, -0.2) is 21.4 Å². The molecule has 0 amide bonds. The van der Waals surface area contributed by atoms with Crippen molar-refractivity contribution in [1.82, 2.24) is 10.1 Å². The van der Waals surface area contributed by atoms with Gasteiger partial charge in [0.25, 0.3) is 0 Å². The molecule has 0 spiro atoms. The second kappa shape index (κ2) is 4.95. The quantitative estimate of drug-likeness (QED) is 0.857. The van der Waals surface area contributed by atoms with E-state index in [9.17, 15) is 5.11 Å². The van der Waals surface area contributed by atoms with Gasteiger partial charge in [-0.2, -0.15) is 4.98 Å². The van der Waals surface area contributed by atoms with Crippen LogP contribution in [0.5, 0.6) is 0 Å². The lowest BCUT2D eigenvalue weighted by Crippen LogP contribution is -2.17. The summed E-state index contributed by atoms with van der Waals surface area (Å²) in [6, 6.07) is 0. The average molecular weight is 224 g/mol. The van der Waals surface area contributed by atoms with E-state index in [1.807, 2.05) is 0 Å². The van der Waals surface area contributed by atoms with Crippen LogP contribution >= 0.6 is 0 Å². The van der Waals surface area contributed by atoms with Gasteiger partial charge in [-0.05, 0) is 32.1 Å². The highest BCUT2D eigenvalue weighted by Crippen LogP contribution is 2.32. The van der Waals surface area contributed by atoms with Gasteiger partial charge in [0.05, 0.1) is 6.10 Å². The van der Waals surface area contributed by atoms with E-state index in [-0.39, 0.29) is 6.10 Å². The van der Waals surface area contributed by atoms with Crippen LogP contribution in [0.3, 0.4) is 0 Å². The van der Waals surface area contributed by atoms with Crippen molar-refractivity contribution in [2.45, 2.75) is 63.9 Å². The fourth-order valence-electron chi connectivity index (χ4n) is 2.12. The highest BCUT2D eigenvalue weighted by atomic mass is 16.5. The molecule has 1 aromatic rings. The van der Waals surface area contributed by atoms with Gasteiger partial charge in [0, 0.05) is 11.8 Å². The smallest absolute Gasteiger partial charge is 0.229 e. The number of rotatable bonds is 3. The van der Waals surface area contributed by atoms with Gasteiger partial charge in [-0.15, -0.1) is 0 Å². The molecule has 0 radical (unpaired) electrons. The molecule has 2 rings (SSSR count). The molecule has 90 valence electrons. The normalized spacial score (nSPS) is 27.9. The summed E-state index contributed by atoms with van der Waals surface area (Å²) < 4.78 is 5.32. The van der Waals surface area contributed by atoms with E-state index in [2.05, 4.69) is 24.0 Å². The molecule has 1 heterocycles. The fraction of sp³-hybridized carbons (Fsp3) is 0.833. The SMILES string of the molecule is CCC(C)c1noc(C2CCC(O)CC2)n1. The van der Waals surface area contributed by atoms with Crippen molar-refractivity contribution in [2.75, 3.05) is 0 Å². The molecule has 0 aliphatic heterocycles. The Morgan fingerprint density at radius 3 is 2.69 bits per heavy atom. The number of hydrogen-bond donors (Lipinski definition) is 1. The molecule has 1 N–H and O–H groups in total. The maximum Gasteiger partial charge on any atom is 0.229 e. The summed E-state index contributed by atoms with van der Waals surface area (Å²) in [5, 5.41) is 13.5. The molecule has 1 aliphatic carbocycles. The van der Waals surface area contributed by atoms with Crippen LogP contribution in [0.2, 0.25) is 0 Å². The molecule has 1 unspecified atom stereocenters. The molecule has 0 saturated heterocycles. The lowest BCUT2D eigenvalue weighted by Gasteiger charge is -2.22. The maximum absolute atomic E-state index is 9.44. The van der Waals surface area contributed by atoms with Gasteiger partial charge < -0.3 is 9.63 Å². The summed E-state index contributed by atoms with van der Waals surface area (Å²) in [7, 11) is 0. The molecular formula is C12H20N2O2. The molecule has 1 saturated carbocycles. The van der Waals surface area contributed by atoms with Crippen LogP contribution in [0.15, 0.2) is 4.52 Å². The van der Waals surface area contributed by atoms with E-state index < -0.39 is 0 Å². The Morgan fingerprint density at radius 2 is 2.06 bits per heavy atom. The molecule has 4 heteroatoms. The third-order valence-corrected chi connectivity index (χ3v) is 3.56. The summed E-state index contributed by atoms with van der Waals surface area (Å²) in [5.74, 6) is 2.31. The Balaban J connectivity index is 2.01. The Kier molecular flexibility index (Phi) is 3.59. The zero-order valence-corrected chi connectivity index (χ0v) is 10.0. The van der Waals surface area contributed by atoms with Crippen LogP contribution in [0, 0.1) is 0 Å². The van der Waals surface area contributed by atoms with Crippen LogP contribution in [0.4, 0.5) is 0 Å². The highest BCUT2D eigenvalue weighted by Gasteiger charge is 2.25. The Hall–Kier alpha value is -0.900. The summed E-state index contributed by atoms with van der Waals surface area (Å²) in [6.07, 6.45) is 4.53. The third-order valence-electron chi connectivity index (χ3n) is 3.56. The third kappa shape index (κ3) is 2.43. The van der Waals surface area contributed by atoms with E-state index in [1.54, 1.807) is 0 Å². The van der Waals surface area contributed by atoms with Gasteiger partial charge in [0.2, 0.25) is 5.89 Å². The van der Waals surface area contributed by atoms with Crippen molar-refractivity contribution in [1.29, 1.82) is 0 Å².